The van der Waals surface area contributed by atoms with Gasteiger partial charge < -0.3 is 15.7 Å². The second-order valence-corrected chi connectivity index (χ2v) is 5.76. The number of hydrogen-bond donors (Lipinski definition) is 3. The Morgan fingerprint density at radius 3 is 2.83 bits per heavy atom. The number of aliphatic hydroxyl groups is 1. The molecule has 24 heavy (non-hydrogen) atoms. The van der Waals surface area contributed by atoms with Crippen LogP contribution in [0.3, 0.4) is 0 Å². The number of nitrogens with zero attached hydrogens (tertiary/aromatic N) is 2. The molecule has 2 heterocycles. The molecule has 0 spiro atoms. The van der Waals surface area contributed by atoms with Gasteiger partial charge in [0.15, 0.2) is 0 Å². The van der Waals surface area contributed by atoms with E-state index in [9.17, 15) is 9.90 Å². The number of carbonyl (C=O) groups is 1. The maximum Gasteiger partial charge on any atom is 0.314 e. The van der Waals surface area contributed by atoms with Crippen molar-refractivity contribution in [2.24, 2.45) is 5.92 Å². The van der Waals surface area contributed by atoms with Crippen molar-refractivity contribution in [2.75, 3.05) is 19.7 Å². The molecular weight excluding hydrogens is 304 g/mol. The molecule has 6 heteroatoms. The Labute approximate surface area is 142 Å². The van der Waals surface area contributed by atoms with Crippen molar-refractivity contribution >= 4 is 6.03 Å². The first-order valence-corrected chi connectivity index (χ1v) is 8.11. The Hall–Kier alpha value is -2.47. The van der Waals surface area contributed by atoms with E-state index in [-0.39, 0.29) is 18.6 Å². The van der Waals surface area contributed by atoms with Crippen LogP contribution in [0.4, 0.5) is 4.79 Å². The zero-order valence-electron chi connectivity index (χ0n) is 13.9. The smallest absolute Gasteiger partial charge is 0.314 e. The average Bonchev–Trinajstić information content (AvgIpc) is 2.61. The number of carbonyl (C=O) groups excluding carboxylic acids is 1. The van der Waals surface area contributed by atoms with Gasteiger partial charge >= 0.3 is 6.03 Å². The van der Waals surface area contributed by atoms with E-state index in [2.05, 4.69) is 20.6 Å². The summed E-state index contributed by atoms with van der Waals surface area (Å²) >= 11 is 0. The summed E-state index contributed by atoms with van der Waals surface area (Å²) in [7, 11) is 0. The van der Waals surface area contributed by atoms with Crippen LogP contribution >= 0.6 is 0 Å². The molecular formula is C18H24N4O2. The van der Waals surface area contributed by atoms with Gasteiger partial charge in [-0.25, -0.2) is 4.79 Å². The number of nitrogens with one attached hydrogen (secondary N) is 2. The lowest BCUT2D eigenvalue weighted by molar-refractivity contribution is 0.213. The van der Waals surface area contributed by atoms with Crippen LogP contribution in [0.15, 0.2) is 42.9 Å². The summed E-state index contributed by atoms with van der Waals surface area (Å²) in [6.07, 6.45) is 6.70. The number of amides is 2. The lowest BCUT2D eigenvalue weighted by Gasteiger charge is -2.15. The monoisotopic (exact) mass is 328 g/mol. The number of aromatic nitrogens is 2. The second-order valence-electron chi connectivity index (χ2n) is 5.76. The van der Waals surface area contributed by atoms with E-state index in [0.717, 1.165) is 17.7 Å². The molecule has 3 N–H and O–H groups in total. The first-order chi connectivity index (χ1) is 11.7. The van der Waals surface area contributed by atoms with Gasteiger partial charge in [-0.1, -0.05) is 6.07 Å². The van der Waals surface area contributed by atoms with Gasteiger partial charge in [-0.2, -0.15) is 0 Å². The van der Waals surface area contributed by atoms with Gasteiger partial charge in [0, 0.05) is 49.9 Å². The number of hydrogen-bond acceptors (Lipinski definition) is 4. The summed E-state index contributed by atoms with van der Waals surface area (Å²) in [6.45, 7) is 2.98. The number of aliphatic hydroxyl groups excluding tert-OH is 1. The van der Waals surface area contributed by atoms with E-state index in [1.807, 2.05) is 37.4 Å². The van der Waals surface area contributed by atoms with E-state index in [0.29, 0.717) is 19.5 Å². The normalized spacial score (nSPS) is 11.8. The van der Waals surface area contributed by atoms with Crippen LogP contribution in [-0.2, 0) is 12.8 Å². The summed E-state index contributed by atoms with van der Waals surface area (Å²) in [6, 6.07) is 7.43. The summed E-state index contributed by atoms with van der Waals surface area (Å²) in [5.41, 5.74) is 3.20. The molecule has 1 atom stereocenters. The molecule has 0 saturated carbocycles. The second kappa shape index (κ2) is 9.62. The highest BCUT2D eigenvalue weighted by molar-refractivity contribution is 5.73. The predicted octanol–water partition coefficient (Wildman–Crippen LogP) is 1.48. The molecule has 0 bridgehead atoms. The van der Waals surface area contributed by atoms with Crippen molar-refractivity contribution in [2.45, 2.75) is 19.8 Å². The van der Waals surface area contributed by atoms with Gasteiger partial charge in [0.05, 0.1) is 0 Å². The van der Waals surface area contributed by atoms with Gasteiger partial charge in [0.25, 0.3) is 0 Å². The van der Waals surface area contributed by atoms with E-state index in [4.69, 9.17) is 0 Å². The van der Waals surface area contributed by atoms with Gasteiger partial charge in [0.2, 0.25) is 0 Å². The van der Waals surface area contributed by atoms with Crippen molar-refractivity contribution in [1.29, 1.82) is 0 Å². The quantitative estimate of drug-likeness (QED) is 0.685. The van der Waals surface area contributed by atoms with Gasteiger partial charge in [0.1, 0.15) is 0 Å². The van der Waals surface area contributed by atoms with Crippen molar-refractivity contribution in [3.63, 3.8) is 0 Å². The Kier molecular flexibility index (Phi) is 7.17. The number of aryl methyl sites for hydroxylation is 1. The fraction of sp³-hybridized carbons (Fsp3) is 0.389. The SMILES string of the molecule is Cc1cnccc1CCNC(=O)NCC(CO)Cc1ccccn1. The van der Waals surface area contributed by atoms with E-state index >= 15 is 0 Å². The van der Waals surface area contributed by atoms with Gasteiger partial charge in [-0.05, 0) is 49.1 Å². The average molecular weight is 328 g/mol. The minimum Gasteiger partial charge on any atom is -0.396 e. The minimum atomic E-state index is -0.221. The number of rotatable bonds is 8. The summed E-state index contributed by atoms with van der Waals surface area (Å²) in [5, 5.41) is 15.1. The highest BCUT2D eigenvalue weighted by Crippen LogP contribution is 2.06. The van der Waals surface area contributed by atoms with Crippen LogP contribution in [-0.4, -0.2) is 40.8 Å². The third kappa shape index (κ3) is 5.96. The third-order valence-electron chi connectivity index (χ3n) is 3.85. The zero-order chi connectivity index (χ0) is 17.2. The molecule has 2 rings (SSSR count). The van der Waals surface area contributed by atoms with Crippen molar-refractivity contribution < 1.29 is 9.90 Å². The molecule has 1 unspecified atom stereocenters. The molecule has 128 valence electrons. The van der Waals surface area contributed by atoms with E-state index in [1.54, 1.807) is 12.4 Å². The van der Waals surface area contributed by atoms with Crippen LogP contribution in [0, 0.1) is 12.8 Å². The van der Waals surface area contributed by atoms with Crippen molar-refractivity contribution in [1.82, 2.24) is 20.6 Å². The molecule has 0 aliphatic heterocycles. The van der Waals surface area contributed by atoms with Crippen molar-refractivity contribution in [3.05, 3.63) is 59.7 Å². The van der Waals surface area contributed by atoms with Crippen LogP contribution in [0.25, 0.3) is 0 Å². The standard InChI is InChI=1S/C18H24N4O2/c1-14-11-19-8-5-16(14)6-9-21-18(24)22-12-15(13-23)10-17-4-2-3-7-20-17/h2-5,7-8,11,15,23H,6,9-10,12-13H2,1H3,(H2,21,22,24). The third-order valence-corrected chi connectivity index (χ3v) is 3.85. The fourth-order valence-electron chi connectivity index (χ4n) is 2.41. The van der Waals surface area contributed by atoms with Crippen LogP contribution in [0.1, 0.15) is 16.8 Å². The molecule has 0 aliphatic rings. The molecule has 0 radical (unpaired) electrons. The Morgan fingerprint density at radius 1 is 1.25 bits per heavy atom. The Bertz CT molecular complexity index is 634. The van der Waals surface area contributed by atoms with Gasteiger partial charge in [-0.3, -0.25) is 9.97 Å². The topological polar surface area (TPSA) is 87.1 Å². The van der Waals surface area contributed by atoms with Crippen LogP contribution in [0.2, 0.25) is 0 Å². The Morgan fingerprint density at radius 2 is 2.12 bits per heavy atom. The summed E-state index contributed by atoms with van der Waals surface area (Å²) in [4.78, 5) is 20.2. The number of urea groups is 1. The summed E-state index contributed by atoms with van der Waals surface area (Å²) in [5.74, 6) is -0.0481. The van der Waals surface area contributed by atoms with Crippen LogP contribution in [0.5, 0.6) is 0 Å². The molecule has 2 aromatic heterocycles. The molecule has 0 aromatic carbocycles. The highest BCUT2D eigenvalue weighted by atomic mass is 16.3. The van der Waals surface area contributed by atoms with Gasteiger partial charge in [-0.15, -0.1) is 0 Å². The lowest BCUT2D eigenvalue weighted by Crippen LogP contribution is -2.40. The zero-order valence-corrected chi connectivity index (χ0v) is 13.9. The largest absolute Gasteiger partial charge is 0.396 e. The van der Waals surface area contributed by atoms with E-state index in [1.165, 1.54) is 5.56 Å². The number of pyridine rings is 2. The molecule has 2 aromatic rings. The van der Waals surface area contributed by atoms with Crippen LogP contribution < -0.4 is 10.6 Å². The maximum absolute atomic E-state index is 11.9. The predicted molar refractivity (Wildman–Crippen MR) is 92.6 cm³/mol. The lowest BCUT2D eigenvalue weighted by atomic mass is 10.0. The van der Waals surface area contributed by atoms with E-state index < -0.39 is 0 Å². The molecule has 0 aliphatic carbocycles. The minimum absolute atomic E-state index is 0.00701. The summed E-state index contributed by atoms with van der Waals surface area (Å²) < 4.78 is 0. The first-order valence-electron chi connectivity index (χ1n) is 8.11. The Balaban J connectivity index is 1.69. The highest BCUT2D eigenvalue weighted by Gasteiger charge is 2.11. The van der Waals surface area contributed by atoms with Crippen molar-refractivity contribution in [3.8, 4) is 0 Å². The molecule has 2 amide bonds. The first kappa shape index (κ1) is 17.9. The fourth-order valence-corrected chi connectivity index (χ4v) is 2.41. The molecule has 6 nitrogen and oxygen atoms in total. The molecule has 0 saturated heterocycles. The maximum atomic E-state index is 11.9. The molecule has 0 fully saturated rings.